The Kier molecular flexibility index (Phi) is 3.46. The van der Waals surface area contributed by atoms with Crippen molar-refractivity contribution in [3.05, 3.63) is 100 Å². The van der Waals surface area contributed by atoms with E-state index in [1.54, 1.807) is 0 Å². The number of carbonyl (C=O) groups excluding carboxylic acids is 1. The third-order valence-corrected chi connectivity index (χ3v) is 6.23. The highest BCUT2D eigenvalue weighted by molar-refractivity contribution is 6.12. The Morgan fingerprint density at radius 2 is 1.45 bits per heavy atom. The molecule has 0 fully saturated rings. The van der Waals surface area contributed by atoms with E-state index in [2.05, 4.69) is 6.08 Å². The molecule has 0 bridgehead atoms. The van der Waals surface area contributed by atoms with Gasteiger partial charge in [-0.1, -0.05) is 60.7 Å². The van der Waals surface area contributed by atoms with Crippen molar-refractivity contribution in [2.45, 2.75) is 12.0 Å². The predicted octanol–water partition coefficient (Wildman–Crippen LogP) is 4.47. The highest BCUT2D eigenvalue weighted by Gasteiger charge is 2.39. The zero-order valence-corrected chi connectivity index (χ0v) is 15.5. The predicted molar refractivity (Wildman–Crippen MR) is 108 cm³/mol. The molecule has 1 aliphatic heterocycles. The van der Waals surface area contributed by atoms with Gasteiger partial charge in [0.15, 0.2) is 17.3 Å². The lowest BCUT2D eigenvalue weighted by Gasteiger charge is -2.36. The van der Waals surface area contributed by atoms with Crippen molar-refractivity contribution in [1.82, 2.24) is 0 Å². The number of ether oxygens (including phenoxy) is 2. The second-order valence-electron chi connectivity index (χ2n) is 7.70. The molecule has 4 heteroatoms. The maximum absolute atomic E-state index is 13.0. The lowest BCUT2D eigenvalue weighted by atomic mass is 9.68. The number of carbonyl (C=O) groups is 1. The number of fused-ring (bicyclic) bond motifs is 4. The van der Waals surface area contributed by atoms with Gasteiger partial charge in [0, 0.05) is 23.0 Å². The van der Waals surface area contributed by atoms with Crippen LogP contribution in [0.25, 0.3) is 6.08 Å². The third kappa shape index (κ3) is 2.33. The number of aliphatic hydroxyl groups is 1. The number of hydrogen-bond donors (Lipinski definition) is 1. The molecule has 0 radical (unpaired) electrons. The Bertz CT molecular complexity index is 1140. The summed E-state index contributed by atoms with van der Waals surface area (Å²) >= 11 is 0. The minimum atomic E-state index is -0.719. The van der Waals surface area contributed by atoms with Gasteiger partial charge >= 0.3 is 0 Å². The molecular weight excluding hydrogens is 364 g/mol. The van der Waals surface area contributed by atoms with Crippen LogP contribution in [0.15, 0.2) is 66.7 Å². The molecule has 6 rings (SSSR count). The fraction of sp³-hybridized carbons (Fsp3) is 0.160. The minimum absolute atomic E-state index is 0.0468. The highest BCUT2D eigenvalue weighted by atomic mass is 16.7. The zero-order valence-electron chi connectivity index (χ0n) is 15.5. The second-order valence-corrected chi connectivity index (χ2v) is 7.70. The average Bonchev–Trinajstić information content (AvgIpc) is 3.22. The van der Waals surface area contributed by atoms with Gasteiger partial charge in [0.25, 0.3) is 0 Å². The molecule has 0 aromatic heterocycles. The maximum Gasteiger partial charge on any atom is 0.231 e. The van der Waals surface area contributed by atoms with Crippen molar-refractivity contribution < 1.29 is 19.4 Å². The molecule has 0 spiro atoms. The van der Waals surface area contributed by atoms with Crippen LogP contribution in [0.1, 0.15) is 50.2 Å². The van der Waals surface area contributed by atoms with E-state index in [0.29, 0.717) is 22.6 Å². The van der Waals surface area contributed by atoms with Gasteiger partial charge in [-0.05, 0) is 34.4 Å². The number of ketones is 1. The van der Waals surface area contributed by atoms with Crippen molar-refractivity contribution in [2.24, 2.45) is 5.92 Å². The minimum Gasteiger partial charge on any atom is -0.454 e. The molecular formula is C25H18O4. The largest absolute Gasteiger partial charge is 0.454 e. The van der Waals surface area contributed by atoms with Crippen molar-refractivity contribution >= 4 is 11.9 Å². The number of rotatable bonds is 1. The van der Waals surface area contributed by atoms with Gasteiger partial charge in [0.1, 0.15) is 0 Å². The van der Waals surface area contributed by atoms with Crippen LogP contribution in [0.4, 0.5) is 0 Å². The van der Waals surface area contributed by atoms with E-state index < -0.39 is 6.10 Å². The second kappa shape index (κ2) is 6.06. The van der Waals surface area contributed by atoms with Gasteiger partial charge in [-0.25, -0.2) is 0 Å². The molecule has 0 saturated heterocycles. The van der Waals surface area contributed by atoms with Crippen molar-refractivity contribution in [2.75, 3.05) is 6.79 Å². The lowest BCUT2D eigenvalue weighted by Crippen LogP contribution is -2.28. The van der Waals surface area contributed by atoms with Gasteiger partial charge in [0.2, 0.25) is 6.79 Å². The fourth-order valence-electron chi connectivity index (χ4n) is 4.87. The van der Waals surface area contributed by atoms with Gasteiger partial charge in [-0.15, -0.1) is 0 Å². The molecule has 0 unspecified atom stereocenters. The Morgan fingerprint density at radius 3 is 2.14 bits per heavy atom. The third-order valence-electron chi connectivity index (χ3n) is 6.23. The molecule has 1 heterocycles. The molecule has 2 aliphatic carbocycles. The van der Waals surface area contributed by atoms with Crippen molar-refractivity contribution in [1.29, 1.82) is 0 Å². The summed E-state index contributed by atoms with van der Waals surface area (Å²) in [6.07, 6.45) is 3.38. The van der Waals surface area contributed by atoms with Gasteiger partial charge in [-0.3, -0.25) is 4.79 Å². The summed E-state index contributed by atoms with van der Waals surface area (Å²) < 4.78 is 11.0. The normalized spacial score (nSPS) is 21.5. The molecule has 3 aromatic rings. The van der Waals surface area contributed by atoms with Crippen molar-refractivity contribution in [3.8, 4) is 11.5 Å². The average molecular weight is 382 g/mol. The van der Waals surface area contributed by atoms with E-state index in [4.69, 9.17) is 9.47 Å². The Morgan fingerprint density at radius 1 is 0.828 bits per heavy atom. The van der Waals surface area contributed by atoms with E-state index in [-0.39, 0.29) is 24.4 Å². The molecule has 1 N–H and O–H groups in total. The van der Waals surface area contributed by atoms with E-state index in [1.165, 1.54) is 0 Å². The Labute approximate surface area is 168 Å². The van der Waals surface area contributed by atoms with Crippen LogP contribution >= 0.6 is 0 Å². The van der Waals surface area contributed by atoms with E-state index in [1.807, 2.05) is 66.7 Å². The smallest absolute Gasteiger partial charge is 0.231 e. The molecule has 142 valence electrons. The van der Waals surface area contributed by atoms with Crippen molar-refractivity contribution in [3.63, 3.8) is 0 Å². The van der Waals surface area contributed by atoms with E-state index in [9.17, 15) is 9.90 Å². The standard InChI is InChI=1S/C25H18O4/c26-24-17-7-3-1-5-15(17)23(16-6-2-4-8-18(16)24)19-10-9-14-11-21-22(29-13-28-21)12-20(14)25(19)27/h1-12,19,23,25,27H,13H2/t19-,25-/m0/s1. The van der Waals surface area contributed by atoms with E-state index >= 15 is 0 Å². The molecule has 3 aromatic carbocycles. The first-order valence-electron chi connectivity index (χ1n) is 9.75. The van der Waals surface area contributed by atoms with Crippen LogP contribution in [0, 0.1) is 5.92 Å². The topological polar surface area (TPSA) is 55.8 Å². The lowest BCUT2D eigenvalue weighted by molar-refractivity contribution is 0.101. The summed E-state index contributed by atoms with van der Waals surface area (Å²) in [5.74, 6) is 1.11. The number of aliphatic hydroxyl groups excluding tert-OH is 1. The first-order chi connectivity index (χ1) is 14.2. The summed E-state index contributed by atoms with van der Waals surface area (Å²) in [6, 6.07) is 19.3. The summed E-state index contributed by atoms with van der Waals surface area (Å²) in [4.78, 5) is 13.0. The molecule has 29 heavy (non-hydrogen) atoms. The summed E-state index contributed by atoms with van der Waals surface area (Å²) in [6.45, 7) is 0.201. The molecule has 2 atom stereocenters. The maximum atomic E-state index is 13.0. The first kappa shape index (κ1) is 16.6. The fourth-order valence-corrected chi connectivity index (χ4v) is 4.87. The van der Waals surface area contributed by atoms with Crippen LogP contribution in [-0.4, -0.2) is 17.7 Å². The number of benzene rings is 3. The molecule has 4 nitrogen and oxygen atoms in total. The first-order valence-corrected chi connectivity index (χ1v) is 9.75. The highest BCUT2D eigenvalue weighted by Crippen LogP contribution is 2.49. The van der Waals surface area contributed by atoms with Crippen LogP contribution < -0.4 is 9.47 Å². The quantitative estimate of drug-likeness (QED) is 0.675. The van der Waals surface area contributed by atoms with Crippen LogP contribution in [0.3, 0.4) is 0 Å². The molecule has 0 amide bonds. The SMILES string of the molecule is O=C1c2ccccc2C([C@@H]2C=Cc3cc4c(cc3[C@H]2O)OCO4)c2ccccc21. The Balaban J connectivity index is 1.52. The van der Waals surface area contributed by atoms with Gasteiger partial charge in [-0.2, -0.15) is 0 Å². The van der Waals surface area contributed by atoms with Crippen LogP contribution in [0.5, 0.6) is 11.5 Å². The molecule has 0 saturated carbocycles. The summed E-state index contributed by atoms with van der Waals surface area (Å²) in [5, 5.41) is 11.4. The van der Waals surface area contributed by atoms with Crippen LogP contribution in [-0.2, 0) is 0 Å². The van der Waals surface area contributed by atoms with Crippen LogP contribution in [0.2, 0.25) is 0 Å². The summed E-state index contributed by atoms with van der Waals surface area (Å²) in [7, 11) is 0. The van der Waals surface area contributed by atoms with Gasteiger partial charge in [0.05, 0.1) is 6.10 Å². The monoisotopic (exact) mass is 382 g/mol. The van der Waals surface area contributed by atoms with E-state index in [0.717, 1.165) is 22.3 Å². The summed E-state index contributed by atoms with van der Waals surface area (Å²) in [5.41, 5.74) is 5.13. The Hall–Kier alpha value is -3.37. The zero-order chi connectivity index (χ0) is 19.5. The number of hydrogen-bond acceptors (Lipinski definition) is 4. The molecule has 3 aliphatic rings. The van der Waals surface area contributed by atoms with Gasteiger partial charge < -0.3 is 14.6 Å².